The summed E-state index contributed by atoms with van der Waals surface area (Å²) in [4.78, 5) is 12.8. The van der Waals surface area contributed by atoms with Crippen molar-refractivity contribution in [2.75, 3.05) is 0 Å². The first kappa shape index (κ1) is 19.2. The Labute approximate surface area is 183 Å². The van der Waals surface area contributed by atoms with Crippen molar-refractivity contribution in [3.63, 3.8) is 0 Å². The van der Waals surface area contributed by atoms with E-state index in [9.17, 15) is 0 Å². The minimum absolute atomic E-state index is 0. The summed E-state index contributed by atoms with van der Waals surface area (Å²) in [6.45, 7) is 0. The van der Waals surface area contributed by atoms with Crippen molar-refractivity contribution in [3.05, 3.63) is 104 Å². The second-order valence-corrected chi connectivity index (χ2v) is 6.43. The Hall–Kier alpha value is -3.16. The molecule has 3 aromatic carbocycles. The van der Waals surface area contributed by atoms with Crippen LogP contribution < -0.4 is 0 Å². The molecule has 0 aliphatic heterocycles. The Balaban J connectivity index is 0.00000205. The van der Waals surface area contributed by atoms with Crippen LogP contribution >= 0.6 is 0 Å². The van der Waals surface area contributed by atoms with E-state index in [0.29, 0.717) is 0 Å². The first-order valence-corrected chi connectivity index (χ1v) is 9.04. The van der Waals surface area contributed by atoms with Gasteiger partial charge in [0, 0.05) is 23.8 Å². The molecule has 5 rings (SSSR count). The van der Waals surface area contributed by atoms with Gasteiger partial charge in [-0.15, -0.1) is 53.4 Å². The van der Waals surface area contributed by atoms with Crippen LogP contribution in [-0.2, 0) is 21.1 Å². The van der Waals surface area contributed by atoms with Crippen molar-refractivity contribution >= 4 is 10.8 Å². The van der Waals surface area contributed by atoms with Crippen LogP contribution in [0.15, 0.2) is 91.5 Å². The maximum absolute atomic E-state index is 4.46. The predicted molar refractivity (Wildman–Crippen MR) is 111 cm³/mol. The van der Waals surface area contributed by atoms with Crippen LogP contribution in [0.25, 0.3) is 44.4 Å². The fourth-order valence-electron chi connectivity index (χ4n) is 3.32. The first-order chi connectivity index (χ1) is 13.9. The van der Waals surface area contributed by atoms with E-state index in [4.69, 9.17) is 0 Å². The van der Waals surface area contributed by atoms with Crippen molar-refractivity contribution in [2.45, 2.75) is 0 Å². The van der Waals surface area contributed by atoms with Gasteiger partial charge in [0.2, 0.25) is 0 Å². The molecular formula is C25H15N3Pt. The zero-order valence-electron chi connectivity index (χ0n) is 15.3. The molecule has 4 heteroatoms. The van der Waals surface area contributed by atoms with Crippen LogP contribution in [0.4, 0.5) is 0 Å². The Morgan fingerprint density at radius 1 is 0.586 bits per heavy atom. The summed E-state index contributed by atoms with van der Waals surface area (Å²) in [5.41, 5.74) is 5.79. The van der Waals surface area contributed by atoms with Gasteiger partial charge in [-0.25, -0.2) is 4.98 Å². The molecule has 0 atom stereocenters. The summed E-state index contributed by atoms with van der Waals surface area (Å²) in [6, 6.07) is 31.4. The quantitative estimate of drug-likeness (QED) is 0.273. The van der Waals surface area contributed by atoms with Crippen LogP contribution in [0, 0.1) is 12.1 Å². The van der Waals surface area contributed by atoms with E-state index < -0.39 is 0 Å². The van der Waals surface area contributed by atoms with E-state index in [-0.39, 0.29) is 21.1 Å². The number of fused-ring (bicyclic) bond motifs is 1. The third-order valence-electron chi connectivity index (χ3n) is 4.67. The Bertz CT molecular complexity index is 1260. The maximum atomic E-state index is 4.46. The number of hydrogen-bond acceptors (Lipinski definition) is 3. The summed E-state index contributed by atoms with van der Waals surface area (Å²) < 4.78 is 0. The monoisotopic (exact) mass is 552 g/mol. The summed E-state index contributed by atoms with van der Waals surface area (Å²) in [7, 11) is 0. The molecule has 0 aliphatic carbocycles. The Morgan fingerprint density at radius 3 is 2.24 bits per heavy atom. The Kier molecular flexibility index (Phi) is 5.59. The van der Waals surface area contributed by atoms with Crippen LogP contribution in [0.3, 0.4) is 0 Å². The van der Waals surface area contributed by atoms with E-state index in [2.05, 4.69) is 63.5 Å². The van der Waals surface area contributed by atoms with E-state index in [1.54, 1.807) is 18.7 Å². The van der Waals surface area contributed by atoms with Crippen LogP contribution in [0.2, 0.25) is 0 Å². The van der Waals surface area contributed by atoms with Gasteiger partial charge in [-0.3, -0.25) is 9.97 Å². The molecule has 140 valence electrons. The van der Waals surface area contributed by atoms with Gasteiger partial charge in [0.15, 0.2) is 0 Å². The van der Waals surface area contributed by atoms with Crippen LogP contribution in [0.5, 0.6) is 0 Å². The Morgan fingerprint density at radius 2 is 1.41 bits per heavy atom. The van der Waals surface area contributed by atoms with Gasteiger partial charge in [-0.2, -0.15) is 0 Å². The molecule has 5 aromatic rings. The van der Waals surface area contributed by atoms with Gasteiger partial charge in [0.25, 0.3) is 0 Å². The molecule has 0 N–H and O–H groups in total. The number of pyridine rings is 1. The minimum Gasteiger partial charge on any atom is -0.295 e. The van der Waals surface area contributed by atoms with E-state index in [0.717, 1.165) is 44.4 Å². The molecule has 0 saturated heterocycles. The summed E-state index contributed by atoms with van der Waals surface area (Å²) >= 11 is 0. The third-order valence-corrected chi connectivity index (χ3v) is 4.67. The van der Waals surface area contributed by atoms with Crippen molar-refractivity contribution < 1.29 is 21.1 Å². The van der Waals surface area contributed by atoms with Crippen LogP contribution in [0.1, 0.15) is 0 Å². The molecule has 0 bridgehead atoms. The first-order valence-electron chi connectivity index (χ1n) is 9.04. The van der Waals surface area contributed by atoms with Crippen LogP contribution in [-0.4, -0.2) is 15.0 Å². The van der Waals surface area contributed by atoms with Crippen molar-refractivity contribution in [3.8, 4) is 33.6 Å². The molecule has 2 heterocycles. The number of benzene rings is 3. The van der Waals surface area contributed by atoms with Crippen molar-refractivity contribution in [1.82, 2.24) is 15.0 Å². The molecule has 3 nitrogen and oxygen atoms in total. The van der Waals surface area contributed by atoms with Crippen molar-refractivity contribution in [1.29, 1.82) is 0 Å². The second-order valence-electron chi connectivity index (χ2n) is 6.43. The molecule has 2 aromatic heterocycles. The SMILES string of the molecule is [Pt+2].[c-]1c(-c2ccncn2)cccc1-c1cccc2ccc(-c3ccccn3)[c-]c12. The third kappa shape index (κ3) is 3.87. The maximum Gasteiger partial charge on any atom is 2.00 e. The van der Waals surface area contributed by atoms with Gasteiger partial charge in [0.1, 0.15) is 6.33 Å². The standard InChI is InChI=1S/C25H15N3.Pt/c1-2-13-27-24(9-1)21-11-10-18-5-4-8-22(23(18)16-21)19-6-3-7-20(15-19)25-12-14-26-17-28-25;/h1-14,17H;/q-2;+2. The van der Waals surface area contributed by atoms with Gasteiger partial charge >= 0.3 is 21.1 Å². The van der Waals surface area contributed by atoms with E-state index in [1.807, 2.05) is 36.4 Å². The number of aromatic nitrogens is 3. The topological polar surface area (TPSA) is 38.7 Å². The molecule has 0 spiro atoms. The summed E-state index contributed by atoms with van der Waals surface area (Å²) in [6.07, 6.45) is 5.10. The summed E-state index contributed by atoms with van der Waals surface area (Å²) in [5.74, 6) is 0. The number of hydrogen-bond donors (Lipinski definition) is 0. The fraction of sp³-hybridized carbons (Fsp3) is 0. The molecule has 29 heavy (non-hydrogen) atoms. The largest absolute Gasteiger partial charge is 2.00 e. The molecule has 0 radical (unpaired) electrons. The van der Waals surface area contributed by atoms with Gasteiger partial charge < -0.3 is 0 Å². The second kappa shape index (κ2) is 8.46. The van der Waals surface area contributed by atoms with Gasteiger partial charge in [0.05, 0.1) is 0 Å². The zero-order valence-corrected chi connectivity index (χ0v) is 17.6. The number of rotatable bonds is 3. The normalized spacial score (nSPS) is 10.5. The zero-order chi connectivity index (χ0) is 18.8. The van der Waals surface area contributed by atoms with Crippen molar-refractivity contribution in [2.24, 2.45) is 0 Å². The van der Waals surface area contributed by atoms with Gasteiger partial charge in [-0.05, 0) is 6.07 Å². The fourth-order valence-corrected chi connectivity index (χ4v) is 3.32. The molecule has 0 fully saturated rings. The molecule has 0 unspecified atom stereocenters. The van der Waals surface area contributed by atoms with Gasteiger partial charge in [-0.1, -0.05) is 58.5 Å². The molecular weight excluding hydrogens is 537 g/mol. The number of nitrogens with zero attached hydrogens (tertiary/aromatic N) is 3. The van der Waals surface area contributed by atoms with E-state index >= 15 is 0 Å². The molecule has 0 aliphatic rings. The predicted octanol–water partition coefficient (Wildman–Crippen LogP) is 5.62. The minimum atomic E-state index is 0. The average Bonchev–Trinajstić information content (AvgIpc) is 2.79. The average molecular weight is 552 g/mol. The smallest absolute Gasteiger partial charge is 0.295 e. The molecule has 0 amide bonds. The van der Waals surface area contributed by atoms with E-state index in [1.165, 1.54) is 0 Å². The summed E-state index contributed by atoms with van der Waals surface area (Å²) in [5, 5.41) is 2.19. The molecule has 0 saturated carbocycles.